The lowest BCUT2D eigenvalue weighted by molar-refractivity contribution is -0.176. The maximum absolute atomic E-state index is 13.9. The molecule has 0 saturated carbocycles. The number of hydrogen-bond donors (Lipinski definition) is 0. The van der Waals surface area contributed by atoms with E-state index in [1.807, 2.05) is 0 Å². The predicted molar refractivity (Wildman–Crippen MR) is 123 cm³/mol. The second kappa shape index (κ2) is 10.3. The van der Waals surface area contributed by atoms with E-state index in [1.54, 1.807) is 0 Å². The van der Waals surface area contributed by atoms with Crippen molar-refractivity contribution in [3.8, 4) is 0 Å². The fourth-order valence-electron chi connectivity index (χ4n) is 3.82. The van der Waals surface area contributed by atoms with Crippen molar-refractivity contribution in [1.82, 2.24) is 0 Å². The first kappa shape index (κ1) is 26.2. The molecule has 2 aromatic rings. The van der Waals surface area contributed by atoms with Gasteiger partial charge in [0.15, 0.2) is 0 Å². The van der Waals surface area contributed by atoms with E-state index in [1.165, 1.54) is 85.2 Å². The highest BCUT2D eigenvalue weighted by atomic mass is 19.4. The normalized spacial score (nSPS) is 23.3. The quantitative estimate of drug-likeness (QED) is 0.358. The van der Waals surface area contributed by atoms with Crippen LogP contribution in [0.2, 0.25) is 0 Å². The summed E-state index contributed by atoms with van der Waals surface area (Å²) in [4.78, 5) is 0. The molecule has 0 aromatic heterocycles. The van der Waals surface area contributed by atoms with Crippen LogP contribution in [0.3, 0.4) is 0 Å². The first-order valence-electron chi connectivity index (χ1n) is 11.0. The first-order chi connectivity index (χ1) is 17.6. The van der Waals surface area contributed by atoms with Crippen molar-refractivity contribution in [2.75, 3.05) is 0 Å². The maximum atomic E-state index is 13.9. The second-order valence-corrected chi connectivity index (χ2v) is 8.25. The Morgan fingerprint density at radius 3 is 1.30 bits per heavy atom. The summed E-state index contributed by atoms with van der Waals surface area (Å²) in [5, 5.41) is 14.0. The SMILES string of the molecule is FC(F)(F)C1(c2ccc(COCc3ccc(C4(C(F)(F)F)C=CC=CN=N4)cc3)cc2)C=CC=CN=N1. The van der Waals surface area contributed by atoms with Crippen molar-refractivity contribution in [2.45, 2.75) is 36.6 Å². The van der Waals surface area contributed by atoms with Gasteiger partial charge in [-0.2, -0.15) is 46.8 Å². The number of benzene rings is 2. The summed E-state index contributed by atoms with van der Waals surface area (Å²) in [7, 11) is 0. The molecule has 37 heavy (non-hydrogen) atoms. The molecule has 2 heterocycles. The van der Waals surface area contributed by atoms with E-state index in [2.05, 4.69) is 20.5 Å². The van der Waals surface area contributed by atoms with Gasteiger partial charge in [0.05, 0.1) is 13.2 Å². The van der Waals surface area contributed by atoms with Crippen molar-refractivity contribution < 1.29 is 31.1 Å². The molecule has 0 fully saturated rings. The van der Waals surface area contributed by atoms with E-state index >= 15 is 0 Å². The van der Waals surface area contributed by atoms with Crippen LogP contribution in [0.25, 0.3) is 0 Å². The van der Waals surface area contributed by atoms with Crippen LogP contribution in [0.15, 0.2) is 118 Å². The molecule has 0 bridgehead atoms. The fraction of sp³-hybridized carbons (Fsp3) is 0.231. The molecule has 0 spiro atoms. The molecule has 0 saturated heterocycles. The number of azo groups is 2. The molecule has 0 aliphatic carbocycles. The Labute approximate surface area is 208 Å². The highest BCUT2D eigenvalue weighted by molar-refractivity contribution is 5.37. The fourth-order valence-corrected chi connectivity index (χ4v) is 3.82. The minimum Gasteiger partial charge on any atom is -0.372 e. The lowest BCUT2D eigenvalue weighted by Gasteiger charge is -2.28. The first-order valence-corrected chi connectivity index (χ1v) is 11.0. The molecule has 11 heteroatoms. The van der Waals surface area contributed by atoms with Crippen LogP contribution in [0.1, 0.15) is 22.3 Å². The van der Waals surface area contributed by atoms with Crippen molar-refractivity contribution in [3.63, 3.8) is 0 Å². The molecular weight excluding hydrogens is 498 g/mol. The molecule has 0 N–H and O–H groups in total. The van der Waals surface area contributed by atoms with E-state index in [4.69, 9.17) is 4.74 Å². The van der Waals surface area contributed by atoms with Gasteiger partial charge in [-0.25, -0.2) is 0 Å². The molecule has 0 amide bonds. The van der Waals surface area contributed by atoms with Crippen LogP contribution in [-0.2, 0) is 29.0 Å². The Kier molecular flexibility index (Phi) is 7.26. The van der Waals surface area contributed by atoms with Crippen LogP contribution in [0, 0.1) is 0 Å². The van der Waals surface area contributed by atoms with E-state index in [0.717, 1.165) is 12.2 Å². The highest BCUT2D eigenvalue weighted by Crippen LogP contribution is 2.46. The summed E-state index contributed by atoms with van der Waals surface area (Å²) in [5.74, 6) is 0. The van der Waals surface area contributed by atoms with Gasteiger partial charge in [-0.3, -0.25) is 0 Å². The Balaban J connectivity index is 1.42. The third-order valence-corrected chi connectivity index (χ3v) is 5.82. The largest absolute Gasteiger partial charge is 0.423 e. The van der Waals surface area contributed by atoms with Crippen molar-refractivity contribution in [3.05, 3.63) is 120 Å². The summed E-state index contributed by atoms with van der Waals surface area (Å²) >= 11 is 0. The molecule has 2 unspecified atom stereocenters. The second-order valence-electron chi connectivity index (χ2n) is 8.25. The summed E-state index contributed by atoms with van der Waals surface area (Å²) in [5.41, 5.74) is -4.15. The van der Waals surface area contributed by atoms with Gasteiger partial charge < -0.3 is 4.74 Å². The topological polar surface area (TPSA) is 58.7 Å². The highest BCUT2D eigenvalue weighted by Gasteiger charge is 2.56. The number of hydrogen-bond acceptors (Lipinski definition) is 5. The van der Waals surface area contributed by atoms with Gasteiger partial charge >= 0.3 is 12.4 Å². The van der Waals surface area contributed by atoms with Crippen LogP contribution in [0.5, 0.6) is 0 Å². The van der Waals surface area contributed by atoms with Crippen LogP contribution in [-0.4, -0.2) is 12.4 Å². The molecule has 2 aromatic carbocycles. The predicted octanol–water partition coefficient (Wildman–Crippen LogP) is 7.99. The third kappa shape index (κ3) is 5.31. The molecule has 2 aliphatic heterocycles. The average molecular weight is 518 g/mol. The Hall–Kier alpha value is -3.86. The summed E-state index contributed by atoms with van der Waals surface area (Å²) in [6.07, 6.45) is 0.0770. The van der Waals surface area contributed by atoms with Crippen molar-refractivity contribution >= 4 is 0 Å². The smallest absolute Gasteiger partial charge is 0.372 e. The summed E-state index contributed by atoms with van der Waals surface area (Å²) in [6, 6.07) is 11.3. The minimum absolute atomic E-state index is 0.0784. The van der Waals surface area contributed by atoms with Crippen LogP contribution >= 0.6 is 0 Å². The third-order valence-electron chi connectivity index (χ3n) is 5.82. The summed E-state index contributed by atoms with van der Waals surface area (Å²) < 4.78 is 88.9. The van der Waals surface area contributed by atoms with Gasteiger partial charge in [0.1, 0.15) is 0 Å². The van der Waals surface area contributed by atoms with Crippen LogP contribution in [0.4, 0.5) is 26.3 Å². The number of rotatable bonds is 6. The van der Waals surface area contributed by atoms with E-state index in [9.17, 15) is 26.3 Å². The molecule has 2 aliphatic rings. The number of nitrogens with zero attached hydrogens (tertiary/aromatic N) is 4. The molecule has 192 valence electrons. The van der Waals surface area contributed by atoms with Gasteiger partial charge in [0, 0.05) is 12.4 Å². The standard InChI is InChI=1S/C26H20F6N4O/c27-25(28,29)23(13-1-3-15-33-35-23)21-9-5-19(6-10-21)17-37-18-20-7-11-22(12-8-20)24(26(30,31)32)14-2-4-16-34-36-24/h1-16H,17-18H2. The van der Waals surface area contributed by atoms with Crippen LogP contribution < -0.4 is 0 Å². The zero-order valence-corrected chi connectivity index (χ0v) is 19.1. The molecule has 2 atom stereocenters. The Morgan fingerprint density at radius 2 is 0.946 bits per heavy atom. The summed E-state index contributed by atoms with van der Waals surface area (Å²) in [6.45, 7) is 0.157. The number of ether oxygens (including phenoxy) is 1. The lowest BCUT2D eigenvalue weighted by atomic mass is 9.89. The monoisotopic (exact) mass is 518 g/mol. The van der Waals surface area contributed by atoms with E-state index in [0.29, 0.717) is 11.1 Å². The maximum Gasteiger partial charge on any atom is 0.423 e. The average Bonchev–Trinajstić information content (AvgIpc) is 3.27. The lowest BCUT2D eigenvalue weighted by Crippen LogP contribution is -2.38. The van der Waals surface area contributed by atoms with E-state index in [-0.39, 0.29) is 24.3 Å². The zero-order chi connectivity index (χ0) is 26.6. The van der Waals surface area contributed by atoms with Gasteiger partial charge in [-0.05, 0) is 46.6 Å². The van der Waals surface area contributed by atoms with Crippen molar-refractivity contribution in [1.29, 1.82) is 0 Å². The van der Waals surface area contributed by atoms with Gasteiger partial charge in [-0.15, -0.1) is 0 Å². The van der Waals surface area contributed by atoms with E-state index < -0.39 is 23.4 Å². The van der Waals surface area contributed by atoms with Crippen molar-refractivity contribution in [2.24, 2.45) is 20.5 Å². The molecule has 5 nitrogen and oxygen atoms in total. The number of halogens is 6. The van der Waals surface area contributed by atoms with Gasteiger partial charge in [0.25, 0.3) is 0 Å². The number of allylic oxidation sites excluding steroid dienone is 4. The Morgan fingerprint density at radius 1 is 0.568 bits per heavy atom. The number of alkyl halides is 6. The Bertz CT molecular complexity index is 1140. The molecule has 0 radical (unpaired) electrons. The molecule has 4 rings (SSSR count). The molecular formula is C26H20F6N4O. The van der Waals surface area contributed by atoms with Gasteiger partial charge in [-0.1, -0.05) is 60.7 Å². The zero-order valence-electron chi connectivity index (χ0n) is 19.1. The van der Waals surface area contributed by atoms with Gasteiger partial charge in [0.2, 0.25) is 11.1 Å². The minimum atomic E-state index is -4.70.